The van der Waals surface area contributed by atoms with Crippen LogP contribution in [-0.4, -0.2) is 49.4 Å². The fourth-order valence-corrected chi connectivity index (χ4v) is 1.99. The van der Waals surface area contributed by atoms with Crippen LogP contribution in [0, 0.1) is 0 Å². The average molecular weight is 333 g/mol. The summed E-state index contributed by atoms with van der Waals surface area (Å²) in [4.78, 5) is 35.1. The first-order valence-corrected chi connectivity index (χ1v) is 6.70. The lowest BCUT2D eigenvalue weighted by Gasteiger charge is -2.11. The lowest BCUT2D eigenvalue weighted by molar-refractivity contribution is -0.138. The van der Waals surface area contributed by atoms with Crippen LogP contribution in [0.1, 0.15) is 10.4 Å². The van der Waals surface area contributed by atoms with E-state index < -0.39 is 17.9 Å². The van der Waals surface area contributed by atoms with Crippen LogP contribution in [0.4, 0.5) is 5.69 Å². The van der Waals surface area contributed by atoms with Crippen molar-refractivity contribution in [3.8, 4) is 0 Å². The van der Waals surface area contributed by atoms with Crippen LogP contribution >= 0.6 is 0 Å². The van der Waals surface area contributed by atoms with Gasteiger partial charge in [0.2, 0.25) is 0 Å². The predicted molar refractivity (Wildman–Crippen MR) is 83.2 cm³/mol. The Morgan fingerprint density at radius 3 is 2.50 bits per heavy atom. The van der Waals surface area contributed by atoms with Crippen molar-refractivity contribution < 1.29 is 28.6 Å². The summed E-state index contributed by atoms with van der Waals surface area (Å²) in [6, 6.07) is 3.10. The maximum Gasteiger partial charge on any atom is 0.354 e. The van der Waals surface area contributed by atoms with Gasteiger partial charge < -0.3 is 19.5 Å². The van der Waals surface area contributed by atoms with Gasteiger partial charge in [0.1, 0.15) is 5.70 Å². The van der Waals surface area contributed by atoms with E-state index in [9.17, 15) is 14.4 Å². The number of nitrogens with one attached hydrogen (secondary N) is 2. The number of aromatic amines is 1. The van der Waals surface area contributed by atoms with Gasteiger partial charge in [-0.1, -0.05) is 0 Å². The van der Waals surface area contributed by atoms with Crippen LogP contribution in [0.15, 0.2) is 30.1 Å². The third-order valence-electron chi connectivity index (χ3n) is 3.10. The SMILES string of the molecule is COC(=O)/C=C(/Nc1cc(C(=O)OC)c2[nH]ncc2c1)C(=O)OC. The zero-order chi connectivity index (χ0) is 17.7. The van der Waals surface area contributed by atoms with Crippen LogP contribution < -0.4 is 5.32 Å². The van der Waals surface area contributed by atoms with Gasteiger partial charge in [-0.2, -0.15) is 5.10 Å². The van der Waals surface area contributed by atoms with E-state index in [4.69, 9.17) is 4.74 Å². The molecule has 0 aliphatic rings. The number of rotatable bonds is 5. The molecule has 9 heteroatoms. The van der Waals surface area contributed by atoms with Gasteiger partial charge in [0.25, 0.3) is 0 Å². The Labute approximate surface area is 136 Å². The molecule has 0 atom stereocenters. The molecule has 0 bridgehead atoms. The minimum Gasteiger partial charge on any atom is -0.466 e. The number of hydrogen-bond donors (Lipinski definition) is 2. The molecule has 0 fully saturated rings. The fraction of sp³-hybridized carbons (Fsp3) is 0.200. The predicted octanol–water partition coefficient (Wildman–Crippen LogP) is 0.991. The molecule has 0 unspecified atom stereocenters. The summed E-state index contributed by atoms with van der Waals surface area (Å²) in [6.07, 6.45) is 2.46. The van der Waals surface area contributed by atoms with Gasteiger partial charge in [-0.05, 0) is 12.1 Å². The minimum absolute atomic E-state index is 0.150. The first-order chi connectivity index (χ1) is 11.5. The quantitative estimate of drug-likeness (QED) is 0.472. The van der Waals surface area contributed by atoms with Crippen LogP contribution in [0.3, 0.4) is 0 Å². The number of carbonyl (C=O) groups excluding carboxylic acids is 3. The van der Waals surface area contributed by atoms with E-state index in [0.29, 0.717) is 16.6 Å². The lowest BCUT2D eigenvalue weighted by Crippen LogP contribution is -2.16. The van der Waals surface area contributed by atoms with Gasteiger partial charge in [-0.3, -0.25) is 5.10 Å². The van der Waals surface area contributed by atoms with E-state index in [1.807, 2.05) is 0 Å². The smallest absolute Gasteiger partial charge is 0.354 e. The van der Waals surface area contributed by atoms with Crippen molar-refractivity contribution in [2.75, 3.05) is 26.6 Å². The van der Waals surface area contributed by atoms with Crippen molar-refractivity contribution in [1.82, 2.24) is 10.2 Å². The Bertz CT molecular complexity index is 824. The molecule has 9 nitrogen and oxygen atoms in total. The van der Waals surface area contributed by atoms with Crippen molar-refractivity contribution in [3.63, 3.8) is 0 Å². The molecule has 0 saturated heterocycles. The summed E-state index contributed by atoms with van der Waals surface area (Å²) in [7, 11) is 3.61. The molecule has 0 spiro atoms. The number of esters is 3. The zero-order valence-electron chi connectivity index (χ0n) is 13.2. The Morgan fingerprint density at radius 1 is 1.12 bits per heavy atom. The monoisotopic (exact) mass is 333 g/mol. The lowest BCUT2D eigenvalue weighted by atomic mass is 10.1. The minimum atomic E-state index is -0.771. The molecule has 1 aromatic carbocycles. The van der Waals surface area contributed by atoms with Gasteiger partial charge >= 0.3 is 17.9 Å². The van der Waals surface area contributed by atoms with Gasteiger partial charge in [0, 0.05) is 11.1 Å². The highest BCUT2D eigenvalue weighted by Crippen LogP contribution is 2.24. The second-order valence-corrected chi connectivity index (χ2v) is 4.55. The number of H-pyrrole nitrogens is 1. The second kappa shape index (κ2) is 7.27. The van der Waals surface area contributed by atoms with E-state index in [-0.39, 0.29) is 11.3 Å². The molecule has 0 saturated carbocycles. The maximum absolute atomic E-state index is 11.9. The molecule has 1 heterocycles. The van der Waals surface area contributed by atoms with Crippen molar-refractivity contribution >= 4 is 34.5 Å². The van der Waals surface area contributed by atoms with Crippen LogP contribution in [-0.2, 0) is 23.8 Å². The van der Waals surface area contributed by atoms with Crippen LogP contribution in [0.5, 0.6) is 0 Å². The highest BCUT2D eigenvalue weighted by atomic mass is 16.5. The molecule has 1 aromatic heterocycles. The summed E-state index contributed by atoms with van der Waals surface area (Å²) >= 11 is 0. The topological polar surface area (TPSA) is 120 Å². The highest BCUT2D eigenvalue weighted by Gasteiger charge is 2.17. The molecule has 0 aliphatic carbocycles. The number of hydrogen-bond acceptors (Lipinski definition) is 8. The molecule has 0 aliphatic heterocycles. The molecule has 2 rings (SSSR count). The number of methoxy groups -OCH3 is 3. The standard InChI is InChI=1S/C15H15N3O6/c1-22-12(19)6-11(15(21)24-3)17-9-4-8-7-16-18-13(8)10(5-9)14(20)23-2/h4-7,17H,1-3H3,(H,16,18)/b11-6+. The third-order valence-corrected chi connectivity index (χ3v) is 3.10. The third kappa shape index (κ3) is 3.51. The van der Waals surface area contributed by atoms with E-state index in [1.165, 1.54) is 33.6 Å². The number of benzene rings is 1. The van der Waals surface area contributed by atoms with E-state index in [0.717, 1.165) is 6.08 Å². The molecule has 0 radical (unpaired) electrons. The Balaban J connectivity index is 2.47. The maximum atomic E-state index is 11.9. The van der Waals surface area contributed by atoms with Crippen molar-refractivity contribution in [2.24, 2.45) is 0 Å². The normalized spacial score (nSPS) is 11.0. The number of nitrogens with zero attached hydrogens (tertiary/aromatic N) is 1. The Kier molecular flexibility index (Phi) is 5.15. The summed E-state index contributed by atoms with van der Waals surface area (Å²) in [5.74, 6) is -2.09. The first-order valence-electron chi connectivity index (χ1n) is 6.70. The molecular weight excluding hydrogens is 318 g/mol. The molecule has 24 heavy (non-hydrogen) atoms. The Hall–Kier alpha value is -3.36. The van der Waals surface area contributed by atoms with Gasteiger partial charge in [0.05, 0.1) is 44.7 Å². The van der Waals surface area contributed by atoms with Crippen molar-refractivity contribution in [3.05, 3.63) is 35.7 Å². The van der Waals surface area contributed by atoms with Gasteiger partial charge in [0.15, 0.2) is 0 Å². The molecule has 0 amide bonds. The summed E-state index contributed by atoms with van der Waals surface area (Å²) < 4.78 is 13.8. The van der Waals surface area contributed by atoms with Gasteiger partial charge in [-0.25, -0.2) is 14.4 Å². The van der Waals surface area contributed by atoms with Crippen LogP contribution in [0.2, 0.25) is 0 Å². The van der Waals surface area contributed by atoms with Crippen LogP contribution in [0.25, 0.3) is 10.9 Å². The number of carbonyl (C=O) groups is 3. The number of anilines is 1. The fourth-order valence-electron chi connectivity index (χ4n) is 1.99. The zero-order valence-corrected chi connectivity index (χ0v) is 13.2. The van der Waals surface area contributed by atoms with E-state index in [1.54, 1.807) is 6.07 Å². The molecule has 2 aromatic rings. The largest absolute Gasteiger partial charge is 0.466 e. The number of fused-ring (bicyclic) bond motifs is 1. The van der Waals surface area contributed by atoms with E-state index >= 15 is 0 Å². The molecular formula is C15H15N3O6. The second-order valence-electron chi connectivity index (χ2n) is 4.55. The van der Waals surface area contributed by atoms with Crippen molar-refractivity contribution in [2.45, 2.75) is 0 Å². The van der Waals surface area contributed by atoms with Gasteiger partial charge in [-0.15, -0.1) is 0 Å². The summed E-state index contributed by atoms with van der Waals surface area (Å²) in [5, 5.41) is 9.92. The molecule has 126 valence electrons. The highest BCUT2D eigenvalue weighted by molar-refractivity contribution is 6.05. The Morgan fingerprint density at radius 2 is 1.88 bits per heavy atom. The average Bonchev–Trinajstić information content (AvgIpc) is 3.07. The molecule has 2 N–H and O–H groups in total. The summed E-state index contributed by atoms with van der Waals surface area (Å²) in [6.45, 7) is 0. The van der Waals surface area contributed by atoms with Crippen molar-refractivity contribution in [1.29, 1.82) is 0 Å². The van der Waals surface area contributed by atoms with E-state index in [2.05, 4.69) is 25.0 Å². The summed E-state index contributed by atoms with van der Waals surface area (Å²) in [5.41, 5.74) is 0.925. The number of aromatic nitrogens is 2. The first kappa shape index (κ1) is 17.0. The number of ether oxygens (including phenoxy) is 3.